The molecule has 0 saturated heterocycles. The van der Waals surface area contributed by atoms with Crippen LogP contribution in [0.1, 0.15) is 0 Å². The van der Waals surface area contributed by atoms with Crippen LogP contribution in [0.25, 0.3) is 16.9 Å². The number of hydrogen-bond donors (Lipinski definition) is 1. The van der Waals surface area contributed by atoms with Gasteiger partial charge >= 0.3 is 0 Å². The Morgan fingerprint density at radius 3 is 2.52 bits per heavy atom. The molecule has 5 heteroatoms. The molecule has 3 rings (SSSR count). The predicted molar refractivity (Wildman–Crippen MR) is 83.4 cm³/mol. The molecule has 0 aliphatic heterocycles. The number of aromatic nitrogens is 2. The molecule has 0 radical (unpaired) electrons. The number of aromatic amines is 1. The Kier molecular flexibility index (Phi) is 3.54. The number of nitrogens with zero attached hydrogens (tertiary/aromatic N) is 1. The second-order valence-corrected chi connectivity index (χ2v) is 4.96. The Hall–Kier alpha value is -2.46. The molecule has 0 unspecified atom stereocenters. The highest BCUT2D eigenvalue weighted by Gasteiger charge is 2.10. The van der Waals surface area contributed by atoms with E-state index >= 15 is 0 Å². The Bertz CT molecular complexity index is 819. The molecular weight excluding hydrogens is 288 g/mol. The van der Waals surface area contributed by atoms with Crippen LogP contribution in [0.4, 0.5) is 0 Å². The van der Waals surface area contributed by atoms with Gasteiger partial charge in [-0.15, -0.1) is 0 Å². The van der Waals surface area contributed by atoms with Crippen LogP contribution in [-0.2, 0) is 0 Å². The summed E-state index contributed by atoms with van der Waals surface area (Å²) in [6.45, 7) is 0. The number of ether oxygens (including phenoxy) is 1. The van der Waals surface area contributed by atoms with Gasteiger partial charge in [-0.3, -0.25) is 9.89 Å². The highest BCUT2D eigenvalue weighted by atomic mass is 35.5. The third-order valence-electron chi connectivity index (χ3n) is 3.20. The van der Waals surface area contributed by atoms with Crippen LogP contribution in [0, 0.1) is 0 Å². The maximum absolute atomic E-state index is 12.2. The summed E-state index contributed by atoms with van der Waals surface area (Å²) in [6.07, 6.45) is 0. The molecule has 1 N–H and O–H groups in total. The second kappa shape index (κ2) is 5.50. The molecular formula is C16H13ClN2O2. The van der Waals surface area contributed by atoms with Gasteiger partial charge in [0, 0.05) is 11.1 Å². The van der Waals surface area contributed by atoms with Gasteiger partial charge in [0.2, 0.25) is 0 Å². The average molecular weight is 301 g/mol. The van der Waals surface area contributed by atoms with Crippen LogP contribution in [0.2, 0.25) is 5.02 Å². The van der Waals surface area contributed by atoms with Crippen molar-refractivity contribution in [3.05, 3.63) is 70.0 Å². The minimum atomic E-state index is -0.149. The fraction of sp³-hybridized carbons (Fsp3) is 0.0625. The summed E-state index contributed by atoms with van der Waals surface area (Å²) in [5, 5.41) is 3.75. The minimum Gasteiger partial charge on any atom is -0.494 e. The van der Waals surface area contributed by atoms with Crippen molar-refractivity contribution in [3.8, 4) is 22.7 Å². The van der Waals surface area contributed by atoms with E-state index in [1.165, 1.54) is 4.68 Å². The lowest BCUT2D eigenvalue weighted by molar-refractivity contribution is 0.411. The third kappa shape index (κ3) is 2.58. The third-order valence-corrected chi connectivity index (χ3v) is 3.45. The zero-order valence-electron chi connectivity index (χ0n) is 11.3. The van der Waals surface area contributed by atoms with E-state index in [1.807, 2.05) is 36.4 Å². The Labute approximate surface area is 126 Å². The molecule has 106 valence electrons. The van der Waals surface area contributed by atoms with Gasteiger partial charge in [0.25, 0.3) is 5.56 Å². The highest BCUT2D eigenvalue weighted by Crippen LogP contribution is 2.23. The minimum absolute atomic E-state index is 0.149. The van der Waals surface area contributed by atoms with Gasteiger partial charge in [-0.2, -0.15) is 0 Å². The Morgan fingerprint density at radius 1 is 1.10 bits per heavy atom. The standard InChI is InChI=1S/C16H13ClN2O2/c1-21-15-5-3-2-4-14(15)19-16(20)10-13(18-19)11-6-8-12(17)9-7-11/h2-10,18H,1H3. The molecule has 1 aromatic heterocycles. The maximum atomic E-state index is 12.2. The number of hydrogen-bond acceptors (Lipinski definition) is 2. The SMILES string of the molecule is COc1ccccc1-n1[nH]c(-c2ccc(Cl)cc2)cc1=O. The van der Waals surface area contributed by atoms with Gasteiger partial charge < -0.3 is 4.74 Å². The molecule has 0 saturated carbocycles. The van der Waals surface area contributed by atoms with Crippen LogP contribution < -0.4 is 10.3 Å². The van der Waals surface area contributed by atoms with Gasteiger partial charge in [0.05, 0.1) is 12.8 Å². The van der Waals surface area contributed by atoms with Gasteiger partial charge in [0.1, 0.15) is 11.4 Å². The molecule has 0 amide bonds. The smallest absolute Gasteiger partial charge is 0.271 e. The van der Waals surface area contributed by atoms with Crippen LogP contribution >= 0.6 is 11.6 Å². The summed E-state index contributed by atoms with van der Waals surface area (Å²) < 4.78 is 6.75. The quantitative estimate of drug-likeness (QED) is 0.805. The fourth-order valence-electron chi connectivity index (χ4n) is 2.17. The normalized spacial score (nSPS) is 10.6. The molecule has 4 nitrogen and oxygen atoms in total. The van der Waals surface area contributed by atoms with Crippen LogP contribution in [-0.4, -0.2) is 16.9 Å². The molecule has 0 fully saturated rings. The highest BCUT2D eigenvalue weighted by molar-refractivity contribution is 6.30. The Morgan fingerprint density at radius 2 is 1.81 bits per heavy atom. The van der Waals surface area contributed by atoms with Crippen LogP contribution in [0.15, 0.2) is 59.4 Å². The molecule has 2 aromatic carbocycles. The molecule has 0 aliphatic rings. The second-order valence-electron chi connectivity index (χ2n) is 4.52. The number of rotatable bonds is 3. The number of methoxy groups -OCH3 is 1. The predicted octanol–water partition coefficient (Wildman–Crippen LogP) is 3.49. The molecule has 0 aliphatic carbocycles. The number of halogens is 1. The Balaban J connectivity index is 2.10. The average Bonchev–Trinajstić information content (AvgIpc) is 2.89. The van der Waals surface area contributed by atoms with Crippen molar-refractivity contribution in [2.24, 2.45) is 0 Å². The molecule has 21 heavy (non-hydrogen) atoms. The largest absolute Gasteiger partial charge is 0.494 e. The van der Waals surface area contributed by atoms with Crippen molar-refractivity contribution >= 4 is 11.6 Å². The summed E-state index contributed by atoms with van der Waals surface area (Å²) in [7, 11) is 1.58. The van der Waals surface area contributed by atoms with Crippen LogP contribution in [0.5, 0.6) is 5.75 Å². The molecule has 0 bridgehead atoms. The first kappa shape index (κ1) is 13.5. The van der Waals surface area contributed by atoms with Crippen molar-refractivity contribution < 1.29 is 4.74 Å². The lowest BCUT2D eigenvalue weighted by atomic mass is 10.2. The van der Waals surface area contributed by atoms with Gasteiger partial charge in [-0.05, 0) is 29.8 Å². The van der Waals surface area contributed by atoms with E-state index in [9.17, 15) is 4.79 Å². The molecule has 1 heterocycles. The fourth-order valence-corrected chi connectivity index (χ4v) is 2.29. The number of H-pyrrole nitrogens is 1. The molecule has 3 aromatic rings. The summed E-state index contributed by atoms with van der Waals surface area (Å²) >= 11 is 5.88. The summed E-state index contributed by atoms with van der Waals surface area (Å²) in [6, 6.07) is 16.2. The summed E-state index contributed by atoms with van der Waals surface area (Å²) in [4.78, 5) is 12.2. The van der Waals surface area contributed by atoms with Crippen LogP contribution in [0.3, 0.4) is 0 Å². The molecule has 0 spiro atoms. The van der Waals surface area contributed by atoms with Crippen molar-refractivity contribution in [1.29, 1.82) is 0 Å². The number of nitrogens with one attached hydrogen (secondary N) is 1. The van der Waals surface area contributed by atoms with Gasteiger partial charge in [-0.1, -0.05) is 35.9 Å². The molecule has 0 atom stereocenters. The summed E-state index contributed by atoms with van der Waals surface area (Å²) in [5.74, 6) is 0.629. The van der Waals surface area contributed by atoms with Crippen molar-refractivity contribution in [3.63, 3.8) is 0 Å². The van der Waals surface area contributed by atoms with E-state index in [-0.39, 0.29) is 5.56 Å². The lowest BCUT2D eigenvalue weighted by Crippen LogP contribution is -2.14. The van der Waals surface area contributed by atoms with E-state index in [2.05, 4.69) is 5.10 Å². The van der Waals surface area contributed by atoms with E-state index in [0.717, 1.165) is 11.3 Å². The first-order chi connectivity index (χ1) is 10.2. The van der Waals surface area contributed by atoms with Crippen molar-refractivity contribution in [1.82, 2.24) is 9.78 Å². The maximum Gasteiger partial charge on any atom is 0.271 e. The zero-order chi connectivity index (χ0) is 14.8. The zero-order valence-corrected chi connectivity index (χ0v) is 12.1. The van der Waals surface area contributed by atoms with E-state index < -0.39 is 0 Å². The van der Waals surface area contributed by atoms with Crippen molar-refractivity contribution in [2.75, 3.05) is 7.11 Å². The first-order valence-electron chi connectivity index (χ1n) is 6.40. The summed E-state index contributed by atoms with van der Waals surface area (Å²) in [5.41, 5.74) is 2.14. The lowest BCUT2D eigenvalue weighted by Gasteiger charge is -2.08. The van der Waals surface area contributed by atoms with Gasteiger partial charge in [-0.25, -0.2) is 4.68 Å². The van der Waals surface area contributed by atoms with Crippen molar-refractivity contribution in [2.45, 2.75) is 0 Å². The van der Waals surface area contributed by atoms with Gasteiger partial charge in [0.15, 0.2) is 0 Å². The van der Waals surface area contributed by atoms with E-state index in [4.69, 9.17) is 16.3 Å². The topological polar surface area (TPSA) is 47.0 Å². The number of benzene rings is 2. The number of para-hydroxylation sites is 2. The van der Waals surface area contributed by atoms with E-state index in [0.29, 0.717) is 16.5 Å². The van der Waals surface area contributed by atoms with E-state index in [1.54, 1.807) is 25.3 Å². The first-order valence-corrected chi connectivity index (χ1v) is 6.78. The monoisotopic (exact) mass is 300 g/mol.